The normalized spacial score (nSPS) is 11.1. The maximum Gasteiger partial charge on any atom is 0.271 e. The number of hydrogen-bond acceptors (Lipinski definition) is 7. The Hall–Kier alpha value is -3.63. The van der Waals surface area contributed by atoms with Crippen molar-refractivity contribution in [2.45, 2.75) is 0 Å². The molecule has 1 amide bonds. The van der Waals surface area contributed by atoms with Crippen molar-refractivity contribution >= 4 is 23.6 Å². The molecule has 0 bridgehead atoms. The number of amides is 1. The van der Waals surface area contributed by atoms with E-state index < -0.39 is 4.92 Å². The van der Waals surface area contributed by atoms with Crippen molar-refractivity contribution in [2.75, 3.05) is 14.1 Å². The van der Waals surface area contributed by atoms with Crippen molar-refractivity contribution in [2.24, 2.45) is 15.4 Å². The van der Waals surface area contributed by atoms with Crippen LogP contribution in [0, 0.1) is 10.1 Å². The molecule has 11 heteroatoms. The zero-order valence-electron chi connectivity index (χ0n) is 12.9. The molecule has 2 aromatic rings. The number of non-ortho nitro benzene ring substituents is 1. The number of nitro benzene ring substituents is 1. The van der Waals surface area contributed by atoms with E-state index in [-0.39, 0.29) is 23.1 Å². The van der Waals surface area contributed by atoms with E-state index in [1.807, 2.05) is 0 Å². The average Bonchev–Trinajstić information content (AvgIpc) is 3.06. The number of hydrogen-bond donors (Lipinski definition) is 2. The molecule has 0 aliphatic heterocycles. The maximum absolute atomic E-state index is 11.6. The summed E-state index contributed by atoms with van der Waals surface area (Å²) in [5.41, 5.74) is 0.850. The van der Waals surface area contributed by atoms with Gasteiger partial charge in [-0.05, 0) is 22.9 Å². The monoisotopic (exact) mass is 330 g/mol. The molecule has 1 aromatic carbocycles. The van der Waals surface area contributed by atoms with Crippen LogP contribution in [0.3, 0.4) is 0 Å². The second kappa shape index (κ2) is 7.58. The van der Waals surface area contributed by atoms with E-state index in [1.54, 1.807) is 12.1 Å². The molecule has 0 saturated carbocycles. The Labute approximate surface area is 136 Å². The van der Waals surface area contributed by atoms with Crippen LogP contribution in [0.4, 0.5) is 11.5 Å². The Morgan fingerprint density at radius 2 is 2.12 bits per heavy atom. The molecule has 1 aromatic heterocycles. The van der Waals surface area contributed by atoms with Gasteiger partial charge in [0, 0.05) is 19.2 Å². The first-order valence-corrected chi connectivity index (χ1v) is 6.70. The van der Waals surface area contributed by atoms with Crippen LogP contribution < -0.4 is 5.32 Å². The van der Waals surface area contributed by atoms with E-state index in [0.29, 0.717) is 5.56 Å². The second-order valence-corrected chi connectivity index (χ2v) is 4.45. The van der Waals surface area contributed by atoms with E-state index in [9.17, 15) is 14.9 Å². The molecule has 2 rings (SSSR count). The van der Waals surface area contributed by atoms with Gasteiger partial charge in [-0.1, -0.05) is 0 Å². The number of aromatic nitrogens is 2. The lowest BCUT2D eigenvalue weighted by Crippen LogP contribution is -2.18. The van der Waals surface area contributed by atoms with E-state index in [2.05, 4.69) is 30.7 Å². The van der Waals surface area contributed by atoms with Gasteiger partial charge < -0.3 is 10.3 Å². The molecule has 0 aliphatic carbocycles. The molecule has 1 heterocycles. The van der Waals surface area contributed by atoms with Crippen molar-refractivity contribution < 1.29 is 9.72 Å². The SMILES string of the molecule is CNC(=O)c1[nH]cnc1N=NN(C)N=Cc1ccc([N+](=O)[O-])cc1. The Bertz CT molecular complexity index is 781. The van der Waals surface area contributed by atoms with Crippen molar-refractivity contribution in [1.82, 2.24) is 20.4 Å². The van der Waals surface area contributed by atoms with Gasteiger partial charge in [-0.25, -0.2) is 4.98 Å². The van der Waals surface area contributed by atoms with E-state index in [0.717, 1.165) is 0 Å². The van der Waals surface area contributed by atoms with Crippen molar-refractivity contribution in [3.8, 4) is 0 Å². The molecule has 11 nitrogen and oxygen atoms in total. The van der Waals surface area contributed by atoms with Crippen molar-refractivity contribution in [3.05, 3.63) is 52.0 Å². The lowest BCUT2D eigenvalue weighted by atomic mass is 10.2. The summed E-state index contributed by atoms with van der Waals surface area (Å²) >= 11 is 0. The lowest BCUT2D eigenvalue weighted by Gasteiger charge is -2.02. The first-order valence-electron chi connectivity index (χ1n) is 6.70. The van der Waals surface area contributed by atoms with Gasteiger partial charge in [-0.15, -0.1) is 5.11 Å². The fourth-order valence-corrected chi connectivity index (χ4v) is 1.62. The molecule has 124 valence electrons. The zero-order chi connectivity index (χ0) is 17.5. The number of imidazole rings is 1. The predicted octanol–water partition coefficient (Wildman–Crippen LogP) is 1.64. The third-order valence-corrected chi connectivity index (χ3v) is 2.82. The van der Waals surface area contributed by atoms with Crippen LogP contribution in [-0.4, -0.2) is 46.2 Å². The van der Waals surface area contributed by atoms with Gasteiger partial charge in [0.05, 0.1) is 24.5 Å². The summed E-state index contributed by atoms with van der Waals surface area (Å²) in [5.74, 6) is -0.231. The number of hydrazone groups is 1. The minimum atomic E-state index is -0.477. The highest BCUT2D eigenvalue weighted by Crippen LogP contribution is 2.14. The standard InChI is InChI=1S/C13H14N8O3/c1-14-13(22)11-12(16-8-15-11)18-19-20(2)17-7-9-3-5-10(6-4-9)21(23)24/h3-8H,1-2H3,(H,14,22)(H,15,16). The minimum absolute atomic E-state index is 0.000421. The first kappa shape index (κ1) is 16.7. The number of nitrogens with zero attached hydrogens (tertiary/aromatic N) is 6. The first-order chi connectivity index (χ1) is 11.5. The molecule has 0 aliphatic rings. The Morgan fingerprint density at radius 3 is 2.75 bits per heavy atom. The summed E-state index contributed by atoms with van der Waals surface area (Å²) in [4.78, 5) is 28.2. The van der Waals surface area contributed by atoms with E-state index in [4.69, 9.17) is 0 Å². The van der Waals surface area contributed by atoms with Crippen LogP contribution in [0.15, 0.2) is 46.0 Å². The number of rotatable bonds is 6. The van der Waals surface area contributed by atoms with E-state index in [1.165, 1.54) is 43.9 Å². The summed E-state index contributed by atoms with van der Waals surface area (Å²) in [6, 6.07) is 5.87. The van der Waals surface area contributed by atoms with Gasteiger partial charge in [0.25, 0.3) is 11.6 Å². The Morgan fingerprint density at radius 1 is 1.42 bits per heavy atom. The van der Waals surface area contributed by atoms with Gasteiger partial charge in [0.15, 0.2) is 5.69 Å². The summed E-state index contributed by atoms with van der Waals surface area (Å²) in [6.45, 7) is 0. The number of nitro groups is 1. The number of benzene rings is 1. The van der Waals surface area contributed by atoms with Crippen LogP contribution in [0.5, 0.6) is 0 Å². The molecule has 0 atom stereocenters. The molecule has 2 N–H and O–H groups in total. The summed E-state index contributed by atoms with van der Waals surface area (Å²) in [7, 11) is 3.03. The van der Waals surface area contributed by atoms with Crippen LogP contribution in [0.2, 0.25) is 0 Å². The molecule has 0 fully saturated rings. The largest absolute Gasteiger partial charge is 0.354 e. The van der Waals surface area contributed by atoms with Gasteiger partial charge in [0.2, 0.25) is 5.82 Å². The number of aromatic amines is 1. The number of carbonyl (C=O) groups excluding carboxylic acids is 1. The van der Waals surface area contributed by atoms with Gasteiger partial charge in [-0.3, -0.25) is 14.9 Å². The van der Waals surface area contributed by atoms with Crippen LogP contribution >= 0.6 is 0 Å². The molecular formula is C13H14N8O3. The van der Waals surface area contributed by atoms with Gasteiger partial charge >= 0.3 is 0 Å². The smallest absolute Gasteiger partial charge is 0.271 e. The Balaban J connectivity index is 2.02. The molecule has 0 radical (unpaired) electrons. The van der Waals surface area contributed by atoms with Gasteiger partial charge in [-0.2, -0.15) is 10.2 Å². The lowest BCUT2D eigenvalue weighted by molar-refractivity contribution is -0.384. The fourth-order valence-electron chi connectivity index (χ4n) is 1.62. The zero-order valence-corrected chi connectivity index (χ0v) is 12.9. The predicted molar refractivity (Wildman–Crippen MR) is 84.9 cm³/mol. The topological polar surface area (TPSA) is 141 Å². The molecular weight excluding hydrogens is 316 g/mol. The third-order valence-electron chi connectivity index (χ3n) is 2.82. The highest BCUT2D eigenvalue weighted by molar-refractivity contribution is 5.95. The van der Waals surface area contributed by atoms with Crippen molar-refractivity contribution in [3.63, 3.8) is 0 Å². The fraction of sp³-hybridized carbons (Fsp3) is 0.154. The van der Waals surface area contributed by atoms with Gasteiger partial charge in [0.1, 0.15) is 0 Å². The Kier molecular flexibility index (Phi) is 5.28. The van der Waals surface area contributed by atoms with Crippen molar-refractivity contribution in [1.29, 1.82) is 0 Å². The minimum Gasteiger partial charge on any atom is -0.354 e. The maximum atomic E-state index is 11.6. The summed E-state index contributed by atoms with van der Waals surface area (Å²) in [6.07, 6.45) is 2.80. The number of H-pyrrole nitrogens is 1. The number of carbonyl (C=O) groups is 1. The second-order valence-electron chi connectivity index (χ2n) is 4.45. The van der Waals surface area contributed by atoms with Crippen LogP contribution in [0.25, 0.3) is 0 Å². The van der Waals surface area contributed by atoms with Crippen LogP contribution in [0.1, 0.15) is 16.1 Å². The highest BCUT2D eigenvalue weighted by Gasteiger charge is 2.12. The average molecular weight is 330 g/mol. The van der Waals surface area contributed by atoms with Crippen LogP contribution in [-0.2, 0) is 0 Å². The summed E-state index contributed by atoms with van der Waals surface area (Å²) < 4.78 is 0. The van der Waals surface area contributed by atoms with E-state index >= 15 is 0 Å². The molecule has 0 unspecified atom stereocenters. The quantitative estimate of drug-likeness (QED) is 0.358. The molecule has 0 spiro atoms. The molecule has 24 heavy (non-hydrogen) atoms. The summed E-state index contributed by atoms with van der Waals surface area (Å²) in [5, 5.41) is 25.8. The molecule has 0 saturated heterocycles. The number of nitrogens with one attached hydrogen (secondary N) is 2. The third kappa shape index (κ3) is 4.19. The highest BCUT2D eigenvalue weighted by atomic mass is 16.6.